The lowest BCUT2D eigenvalue weighted by Crippen LogP contribution is -2.66. The molecule has 0 unspecified atom stereocenters. The lowest BCUT2D eigenvalue weighted by atomic mass is 9.89. The van der Waals surface area contributed by atoms with Crippen LogP contribution in [0.3, 0.4) is 0 Å². The summed E-state index contributed by atoms with van der Waals surface area (Å²) in [6.45, 7) is 1.04. The number of amides is 2. The zero-order valence-corrected chi connectivity index (χ0v) is 8.16. The third kappa shape index (κ3) is 1.39. The average Bonchev–Trinajstić information content (AvgIpc) is 2.79. The first-order valence-electron chi connectivity index (χ1n) is 4.71. The molecule has 0 bridgehead atoms. The molecule has 1 aliphatic carbocycles. The normalized spacial score (nSPS) is 25.3. The highest BCUT2D eigenvalue weighted by molar-refractivity contribution is 5.75. The molecule has 0 spiro atoms. The second-order valence-corrected chi connectivity index (χ2v) is 4.41. The predicted octanol–water partition coefficient (Wildman–Crippen LogP) is 0.125. The molecule has 1 aliphatic heterocycles. The number of β-amino-alcohol motifs (C(OH)–C–C–N with tert-alkyl or cyclic N) is 1. The second kappa shape index (κ2) is 2.61. The Labute approximate surface area is 78.1 Å². The van der Waals surface area contributed by atoms with Gasteiger partial charge < -0.3 is 14.9 Å². The van der Waals surface area contributed by atoms with Gasteiger partial charge in [0.1, 0.15) is 5.60 Å². The van der Waals surface area contributed by atoms with Crippen molar-refractivity contribution in [2.24, 2.45) is 5.92 Å². The molecule has 0 radical (unpaired) electrons. The van der Waals surface area contributed by atoms with Crippen molar-refractivity contribution in [3.05, 3.63) is 0 Å². The topological polar surface area (TPSA) is 43.8 Å². The molecule has 1 N–H and O–H groups in total. The van der Waals surface area contributed by atoms with Crippen LogP contribution in [0.5, 0.6) is 0 Å². The smallest absolute Gasteiger partial charge is 0.319 e. The van der Waals surface area contributed by atoms with Gasteiger partial charge in [-0.15, -0.1) is 0 Å². The predicted molar refractivity (Wildman–Crippen MR) is 48.3 cm³/mol. The number of carbonyl (C=O) groups is 1. The minimum absolute atomic E-state index is 0.00493. The zero-order valence-electron chi connectivity index (χ0n) is 8.16. The standard InChI is InChI=1S/C9H16N2O2/c1-10(2)8(12)11-5-9(13,6-11)7-3-4-7/h7,13H,3-6H2,1-2H3. The van der Waals surface area contributed by atoms with Crippen LogP contribution in [-0.4, -0.2) is 53.7 Å². The van der Waals surface area contributed by atoms with Crippen molar-refractivity contribution in [2.45, 2.75) is 18.4 Å². The first kappa shape index (κ1) is 8.81. The lowest BCUT2D eigenvalue weighted by Gasteiger charge is -2.47. The van der Waals surface area contributed by atoms with Gasteiger partial charge in [-0.25, -0.2) is 4.79 Å². The van der Waals surface area contributed by atoms with Gasteiger partial charge in [-0.05, 0) is 18.8 Å². The van der Waals surface area contributed by atoms with Gasteiger partial charge in [0.2, 0.25) is 0 Å². The van der Waals surface area contributed by atoms with E-state index in [-0.39, 0.29) is 6.03 Å². The van der Waals surface area contributed by atoms with E-state index in [4.69, 9.17) is 0 Å². The monoisotopic (exact) mass is 184 g/mol. The van der Waals surface area contributed by atoms with Gasteiger partial charge in [-0.1, -0.05) is 0 Å². The maximum Gasteiger partial charge on any atom is 0.319 e. The van der Waals surface area contributed by atoms with Gasteiger partial charge in [-0.2, -0.15) is 0 Å². The zero-order chi connectivity index (χ0) is 9.64. The van der Waals surface area contributed by atoms with Crippen molar-refractivity contribution in [3.8, 4) is 0 Å². The summed E-state index contributed by atoms with van der Waals surface area (Å²) in [5.41, 5.74) is -0.550. The van der Waals surface area contributed by atoms with Crippen LogP contribution in [0, 0.1) is 5.92 Å². The highest BCUT2D eigenvalue weighted by atomic mass is 16.3. The van der Waals surface area contributed by atoms with Crippen LogP contribution in [0.1, 0.15) is 12.8 Å². The second-order valence-electron chi connectivity index (χ2n) is 4.41. The summed E-state index contributed by atoms with van der Waals surface area (Å²) in [6, 6.07) is 0.00493. The van der Waals surface area contributed by atoms with Gasteiger partial charge in [0.25, 0.3) is 0 Å². The molecule has 2 rings (SSSR count). The number of carbonyl (C=O) groups excluding carboxylic acids is 1. The number of aliphatic hydroxyl groups is 1. The summed E-state index contributed by atoms with van der Waals surface area (Å²) in [6.07, 6.45) is 2.25. The largest absolute Gasteiger partial charge is 0.386 e. The van der Waals surface area contributed by atoms with Gasteiger partial charge >= 0.3 is 6.03 Å². The van der Waals surface area contributed by atoms with Gasteiger partial charge in [-0.3, -0.25) is 0 Å². The first-order valence-corrected chi connectivity index (χ1v) is 4.71. The van der Waals surface area contributed by atoms with E-state index >= 15 is 0 Å². The fourth-order valence-corrected chi connectivity index (χ4v) is 1.91. The van der Waals surface area contributed by atoms with Crippen LogP contribution in [0.15, 0.2) is 0 Å². The van der Waals surface area contributed by atoms with Gasteiger partial charge in [0, 0.05) is 14.1 Å². The van der Waals surface area contributed by atoms with E-state index in [0.717, 1.165) is 12.8 Å². The SMILES string of the molecule is CN(C)C(=O)N1CC(O)(C2CC2)C1. The Bertz CT molecular complexity index is 230. The summed E-state index contributed by atoms with van der Waals surface area (Å²) in [7, 11) is 3.47. The quantitative estimate of drug-likeness (QED) is 0.629. The molecular formula is C9H16N2O2. The maximum absolute atomic E-state index is 11.4. The molecule has 0 aromatic heterocycles. The third-order valence-corrected chi connectivity index (χ3v) is 2.92. The Balaban J connectivity index is 1.86. The van der Waals surface area contributed by atoms with Crippen LogP contribution in [-0.2, 0) is 0 Å². The molecular weight excluding hydrogens is 168 g/mol. The fraction of sp³-hybridized carbons (Fsp3) is 0.889. The van der Waals surface area contributed by atoms with Crippen LogP contribution in [0.25, 0.3) is 0 Å². The van der Waals surface area contributed by atoms with E-state index in [1.807, 2.05) is 0 Å². The van der Waals surface area contributed by atoms with E-state index in [2.05, 4.69) is 0 Å². The minimum Gasteiger partial charge on any atom is -0.386 e. The molecule has 74 valence electrons. The summed E-state index contributed by atoms with van der Waals surface area (Å²) in [4.78, 5) is 14.6. The van der Waals surface area contributed by atoms with E-state index in [9.17, 15) is 9.90 Å². The molecule has 2 aliphatic rings. The van der Waals surface area contributed by atoms with Crippen LogP contribution in [0.4, 0.5) is 4.79 Å². The number of nitrogens with zero attached hydrogens (tertiary/aromatic N) is 2. The van der Waals surface area contributed by atoms with Crippen molar-refractivity contribution in [2.75, 3.05) is 27.2 Å². The molecule has 0 aromatic rings. The lowest BCUT2D eigenvalue weighted by molar-refractivity contribution is -0.0950. The van der Waals surface area contributed by atoms with Crippen molar-refractivity contribution in [1.82, 2.24) is 9.80 Å². The van der Waals surface area contributed by atoms with Crippen molar-refractivity contribution < 1.29 is 9.90 Å². The molecule has 0 atom stereocenters. The number of rotatable bonds is 1. The van der Waals surface area contributed by atoms with Crippen molar-refractivity contribution in [1.29, 1.82) is 0 Å². The van der Waals surface area contributed by atoms with Gasteiger partial charge in [0.05, 0.1) is 13.1 Å². The number of hydrogen-bond acceptors (Lipinski definition) is 2. The van der Waals surface area contributed by atoms with Crippen molar-refractivity contribution in [3.63, 3.8) is 0 Å². The van der Waals surface area contributed by atoms with Crippen LogP contribution < -0.4 is 0 Å². The number of urea groups is 1. The molecule has 2 fully saturated rings. The van der Waals surface area contributed by atoms with E-state index in [1.165, 1.54) is 0 Å². The molecule has 13 heavy (non-hydrogen) atoms. The molecule has 4 heteroatoms. The van der Waals surface area contributed by atoms with Crippen molar-refractivity contribution >= 4 is 6.03 Å². The molecule has 2 amide bonds. The fourth-order valence-electron chi connectivity index (χ4n) is 1.91. The van der Waals surface area contributed by atoms with Gasteiger partial charge in [0.15, 0.2) is 0 Å². The highest BCUT2D eigenvalue weighted by Crippen LogP contribution is 2.44. The summed E-state index contributed by atoms with van der Waals surface area (Å²) in [5, 5.41) is 9.94. The van der Waals surface area contributed by atoms with E-state index in [0.29, 0.717) is 19.0 Å². The maximum atomic E-state index is 11.4. The molecule has 1 heterocycles. The Morgan fingerprint density at radius 3 is 2.38 bits per heavy atom. The third-order valence-electron chi connectivity index (χ3n) is 2.92. The van der Waals surface area contributed by atoms with E-state index < -0.39 is 5.60 Å². The Kier molecular flexibility index (Phi) is 1.77. The molecule has 4 nitrogen and oxygen atoms in total. The Morgan fingerprint density at radius 1 is 1.46 bits per heavy atom. The minimum atomic E-state index is -0.550. The summed E-state index contributed by atoms with van der Waals surface area (Å²) < 4.78 is 0. The average molecular weight is 184 g/mol. The van der Waals surface area contributed by atoms with Crippen LogP contribution >= 0.6 is 0 Å². The Morgan fingerprint density at radius 2 is 2.00 bits per heavy atom. The number of likely N-dealkylation sites (tertiary alicyclic amines) is 1. The molecule has 1 saturated heterocycles. The van der Waals surface area contributed by atoms with E-state index in [1.54, 1.807) is 23.9 Å². The summed E-state index contributed by atoms with van der Waals surface area (Å²) >= 11 is 0. The highest BCUT2D eigenvalue weighted by Gasteiger charge is 2.53. The first-order chi connectivity index (χ1) is 6.03. The summed E-state index contributed by atoms with van der Waals surface area (Å²) in [5.74, 6) is 0.457. The molecule has 1 saturated carbocycles. The number of hydrogen-bond donors (Lipinski definition) is 1. The Hall–Kier alpha value is -0.770. The molecule has 0 aromatic carbocycles. The van der Waals surface area contributed by atoms with Crippen LogP contribution in [0.2, 0.25) is 0 Å².